The number of carbonyl (C=O) groups is 1. The van der Waals surface area contributed by atoms with Gasteiger partial charge in [-0.15, -0.1) is 0 Å². The van der Waals surface area contributed by atoms with Crippen LogP contribution in [0.2, 0.25) is 6.04 Å². The Balaban J connectivity index is 3.14. The summed E-state index contributed by atoms with van der Waals surface area (Å²) < 4.78 is 5.82. The molecule has 0 atom stereocenters. The summed E-state index contributed by atoms with van der Waals surface area (Å²) in [7, 11) is 1.09. The minimum absolute atomic E-state index is 0.263. The lowest BCUT2D eigenvalue weighted by Gasteiger charge is -2.04. The summed E-state index contributed by atoms with van der Waals surface area (Å²) in [5.74, 6) is -0.263. The molecule has 0 aliphatic heterocycles. The number of esters is 1. The quantitative estimate of drug-likeness (QED) is 0.117. The number of alkyl halides is 2. The third-order valence-electron chi connectivity index (χ3n) is 2.20. The van der Waals surface area contributed by atoms with Gasteiger partial charge in [0.15, 0.2) is 0 Å². The molecule has 17 heavy (non-hydrogen) atoms. The summed E-state index contributed by atoms with van der Waals surface area (Å²) in [6.45, 7) is 5.76. The van der Waals surface area contributed by atoms with Crippen molar-refractivity contribution in [1.29, 1.82) is 0 Å². The first-order chi connectivity index (χ1) is 8.04. The molecule has 0 bridgehead atoms. The van der Waals surface area contributed by atoms with Crippen molar-refractivity contribution in [1.82, 2.24) is 0 Å². The SMILES string of the molecule is C=C(C)C(=O)OCCCCCCC[Si]C(I)I. The zero-order valence-corrected chi connectivity index (χ0v) is 15.6. The highest BCUT2D eigenvalue weighted by Gasteiger charge is 2.02. The second-order valence-corrected chi connectivity index (χ2v) is 12.6. The van der Waals surface area contributed by atoms with Crippen LogP contribution in [-0.4, -0.2) is 23.7 Å². The van der Waals surface area contributed by atoms with Crippen molar-refractivity contribution in [3.8, 4) is 0 Å². The van der Waals surface area contributed by atoms with Gasteiger partial charge in [-0.2, -0.15) is 0 Å². The average Bonchev–Trinajstić information content (AvgIpc) is 2.25. The normalized spacial score (nSPS) is 10.6. The smallest absolute Gasteiger partial charge is 0.333 e. The minimum Gasteiger partial charge on any atom is -0.462 e. The summed E-state index contributed by atoms with van der Waals surface area (Å²) in [5.41, 5.74) is 0.484. The topological polar surface area (TPSA) is 26.3 Å². The van der Waals surface area contributed by atoms with Gasteiger partial charge in [-0.05, 0) is 13.3 Å². The van der Waals surface area contributed by atoms with Gasteiger partial charge in [-0.1, -0.05) is 83.5 Å². The Morgan fingerprint density at radius 3 is 2.41 bits per heavy atom. The van der Waals surface area contributed by atoms with Crippen molar-refractivity contribution < 1.29 is 9.53 Å². The molecule has 0 saturated heterocycles. The fraction of sp³-hybridized carbons (Fsp3) is 0.750. The van der Waals surface area contributed by atoms with E-state index in [1.54, 1.807) is 6.92 Å². The van der Waals surface area contributed by atoms with Gasteiger partial charge in [0.2, 0.25) is 0 Å². The molecule has 0 amide bonds. The van der Waals surface area contributed by atoms with Gasteiger partial charge in [0.25, 0.3) is 0 Å². The zero-order chi connectivity index (χ0) is 13.1. The molecule has 0 aromatic carbocycles. The maximum absolute atomic E-state index is 11.1. The van der Waals surface area contributed by atoms with Crippen LogP contribution in [0.5, 0.6) is 0 Å². The van der Waals surface area contributed by atoms with Gasteiger partial charge < -0.3 is 4.74 Å². The van der Waals surface area contributed by atoms with Crippen LogP contribution in [0, 0.1) is 0 Å². The van der Waals surface area contributed by atoms with E-state index >= 15 is 0 Å². The van der Waals surface area contributed by atoms with Crippen LogP contribution in [0.25, 0.3) is 0 Å². The molecule has 0 rings (SSSR count). The number of hydrogen-bond donors (Lipinski definition) is 0. The first-order valence-corrected chi connectivity index (χ1v) is 9.65. The van der Waals surface area contributed by atoms with E-state index < -0.39 is 0 Å². The lowest BCUT2D eigenvalue weighted by atomic mass is 10.2. The summed E-state index contributed by atoms with van der Waals surface area (Å²) in [6, 6.07) is 1.36. The van der Waals surface area contributed by atoms with Crippen molar-refractivity contribution in [3.05, 3.63) is 12.2 Å². The van der Waals surface area contributed by atoms with Gasteiger partial charge in [-0.3, -0.25) is 0 Å². The van der Waals surface area contributed by atoms with E-state index in [1.165, 1.54) is 25.3 Å². The second-order valence-electron chi connectivity index (χ2n) is 3.94. The van der Waals surface area contributed by atoms with Crippen molar-refractivity contribution >= 4 is 60.7 Å². The maximum Gasteiger partial charge on any atom is 0.333 e. The van der Waals surface area contributed by atoms with Crippen LogP contribution >= 0.6 is 45.2 Å². The molecule has 0 aromatic rings. The van der Waals surface area contributed by atoms with Crippen LogP contribution in [-0.2, 0) is 9.53 Å². The number of halogens is 2. The molecule has 0 N–H and O–H groups in total. The van der Waals surface area contributed by atoms with Crippen molar-refractivity contribution in [2.24, 2.45) is 0 Å². The van der Waals surface area contributed by atoms with Crippen molar-refractivity contribution in [2.75, 3.05) is 6.61 Å². The fourth-order valence-corrected chi connectivity index (χ4v) is 3.80. The van der Waals surface area contributed by atoms with Crippen LogP contribution < -0.4 is 0 Å². The van der Waals surface area contributed by atoms with Gasteiger partial charge in [0.05, 0.1) is 17.7 Å². The molecular formula is C12H20I2O2Si. The first-order valence-electron chi connectivity index (χ1n) is 5.88. The molecular weight excluding hydrogens is 458 g/mol. The second kappa shape index (κ2) is 11.9. The lowest BCUT2D eigenvalue weighted by molar-refractivity contribution is -0.139. The predicted octanol–water partition coefficient (Wildman–Crippen LogP) is 4.33. The molecule has 0 fully saturated rings. The Bertz CT molecular complexity index is 233. The van der Waals surface area contributed by atoms with Gasteiger partial charge in [0, 0.05) is 5.57 Å². The highest BCUT2D eigenvalue weighted by atomic mass is 127. The molecule has 0 aliphatic rings. The van der Waals surface area contributed by atoms with E-state index in [1.807, 2.05) is 0 Å². The number of carbonyl (C=O) groups excluding carboxylic acids is 1. The average molecular weight is 478 g/mol. The molecule has 0 unspecified atom stereocenters. The minimum atomic E-state index is -0.263. The highest BCUT2D eigenvalue weighted by Crippen LogP contribution is 2.12. The number of rotatable bonds is 10. The first kappa shape index (κ1) is 17.9. The van der Waals surface area contributed by atoms with E-state index in [2.05, 4.69) is 51.8 Å². The van der Waals surface area contributed by atoms with E-state index in [0.29, 0.717) is 12.2 Å². The Morgan fingerprint density at radius 2 is 1.82 bits per heavy atom. The third-order valence-corrected chi connectivity index (χ3v) is 5.79. The monoisotopic (exact) mass is 478 g/mol. The number of unbranched alkanes of at least 4 members (excludes halogenated alkanes) is 4. The fourth-order valence-electron chi connectivity index (χ4n) is 1.26. The van der Waals surface area contributed by atoms with Crippen LogP contribution in [0.15, 0.2) is 12.2 Å². The van der Waals surface area contributed by atoms with Crippen LogP contribution in [0.4, 0.5) is 0 Å². The Kier molecular flexibility index (Phi) is 12.6. The van der Waals surface area contributed by atoms with Crippen LogP contribution in [0.1, 0.15) is 39.0 Å². The largest absolute Gasteiger partial charge is 0.462 e. The molecule has 5 heteroatoms. The zero-order valence-electron chi connectivity index (χ0n) is 10.3. The molecule has 0 saturated carbocycles. The Hall–Kier alpha value is 0.887. The summed E-state index contributed by atoms with van der Waals surface area (Å²) in [6.07, 6.45) is 6.03. The molecule has 0 spiro atoms. The summed E-state index contributed by atoms with van der Waals surface area (Å²) >= 11 is 4.95. The van der Waals surface area contributed by atoms with E-state index in [4.69, 9.17) is 4.74 Å². The van der Waals surface area contributed by atoms with Gasteiger partial charge in [0.1, 0.15) is 0 Å². The van der Waals surface area contributed by atoms with Gasteiger partial charge in [-0.25, -0.2) is 4.79 Å². The third kappa shape index (κ3) is 13.1. The number of hydrogen-bond acceptors (Lipinski definition) is 2. The van der Waals surface area contributed by atoms with Crippen molar-refractivity contribution in [3.63, 3.8) is 0 Å². The molecule has 98 valence electrons. The van der Waals surface area contributed by atoms with Gasteiger partial charge >= 0.3 is 5.97 Å². The number of ether oxygens (including phenoxy) is 1. The molecule has 2 radical (unpaired) electrons. The standard InChI is InChI=1S/C12H20I2O2Si/c1-10(2)11(15)16-8-6-4-3-5-7-9-17-12(13)14/h12H,1,3-9H2,2H3. The highest BCUT2D eigenvalue weighted by molar-refractivity contribution is 14.2. The van der Waals surface area contributed by atoms with E-state index in [9.17, 15) is 4.79 Å². The molecule has 0 aliphatic carbocycles. The molecule has 2 nitrogen and oxygen atoms in total. The summed E-state index contributed by atoms with van der Waals surface area (Å²) in [4.78, 5) is 11.1. The Labute approximate surface area is 134 Å². The predicted molar refractivity (Wildman–Crippen MR) is 91.2 cm³/mol. The Morgan fingerprint density at radius 1 is 1.24 bits per heavy atom. The van der Waals surface area contributed by atoms with Crippen LogP contribution in [0.3, 0.4) is 0 Å². The molecule has 0 heterocycles. The molecule has 0 aromatic heterocycles. The summed E-state index contributed by atoms with van der Waals surface area (Å²) in [5, 5.41) is 0. The van der Waals surface area contributed by atoms with E-state index in [0.717, 1.165) is 23.9 Å². The lowest BCUT2D eigenvalue weighted by Crippen LogP contribution is -2.06. The van der Waals surface area contributed by atoms with Crippen molar-refractivity contribution in [2.45, 2.75) is 46.6 Å². The van der Waals surface area contributed by atoms with E-state index in [-0.39, 0.29) is 5.97 Å². The maximum atomic E-state index is 11.1.